The van der Waals surface area contributed by atoms with Crippen molar-refractivity contribution in [2.75, 3.05) is 12.9 Å². The first-order valence-electron chi connectivity index (χ1n) is 5.64. The first kappa shape index (κ1) is 14.7. The van der Waals surface area contributed by atoms with Crippen molar-refractivity contribution in [2.24, 2.45) is 10.4 Å². The van der Waals surface area contributed by atoms with Crippen molar-refractivity contribution in [3.8, 4) is 0 Å². The van der Waals surface area contributed by atoms with Crippen LogP contribution in [0.1, 0.15) is 26.7 Å². The van der Waals surface area contributed by atoms with Crippen molar-refractivity contribution < 1.29 is 19.1 Å². The SMILES string of the molecule is CCC1(CC)C(=O)NC(=O)N=C1SCC(=O)OC. The van der Waals surface area contributed by atoms with Gasteiger partial charge in [-0.3, -0.25) is 14.9 Å². The van der Waals surface area contributed by atoms with Gasteiger partial charge in [-0.25, -0.2) is 4.79 Å². The van der Waals surface area contributed by atoms with Crippen LogP contribution in [0.5, 0.6) is 0 Å². The van der Waals surface area contributed by atoms with E-state index in [1.165, 1.54) is 7.11 Å². The van der Waals surface area contributed by atoms with Gasteiger partial charge in [0.25, 0.3) is 0 Å². The number of imide groups is 1. The van der Waals surface area contributed by atoms with Gasteiger partial charge < -0.3 is 4.74 Å². The van der Waals surface area contributed by atoms with Crippen LogP contribution < -0.4 is 5.32 Å². The third-order valence-electron chi connectivity index (χ3n) is 3.03. The minimum Gasteiger partial charge on any atom is -0.468 e. The van der Waals surface area contributed by atoms with Crippen LogP contribution in [0.2, 0.25) is 0 Å². The number of amides is 3. The lowest BCUT2D eigenvalue weighted by atomic mass is 9.81. The fraction of sp³-hybridized carbons (Fsp3) is 0.636. The Morgan fingerprint density at radius 2 is 2.00 bits per heavy atom. The maximum Gasteiger partial charge on any atom is 0.348 e. The second-order valence-electron chi connectivity index (χ2n) is 3.83. The zero-order valence-electron chi connectivity index (χ0n) is 10.6. The van der Waals surface area contributed by atoms with Gasteiger partial charge in [-0.05, 0) is 12.8 Å². The van der Waals surface area contributed by atoms with Gasteiger partial charge in [-0.1, -0.05) is 25.6 Å². The first-order valence-corrected chi connectivity index (χ1v) is 6.63. The number of hydrogen-bond acceptors (Lipinski definition) is 5. The van der Waals surface area contributed by atoms with Gasteiger partial charge in [0.15, 0.2) is 0 Å². The molecule has 1 heterocycles. The first-order chi connectivity index (χ1) is 8.50. The van der Waals surface area contributed by atoms with Gasteiger partial charge in [0.05, 0.1) is 23.3 Å². The largest absolute Gasteiger partial charge is 0.468 e. The summed E-state index contributed by atoms with van der Waals surface area (Å²) in [6, 6.07) is -0.676. The molecule has 1 aliphatic heterocycles. The standard InChI is InChI=1S/C11H16N2O4S/c1-4-11(5-2)8(15)12-10(16)13-9(11)18-6-7(14)17-3/h4-6H2,1-3H3,(H,12,15,16). The van der Waals surface area contributed by atoms with E-state index in [0.29, 0.717) is 17.9 Å². The molecule has 0 atom stereocenters. The van der Waals surface area contributed by atoms with Crippen molar-refractivity contribution in [1.29, 1.82) is 0 Å². The van der Waals surface area contributed by atoms with Crippen molar-refractivity contribution in [3.05, 3.63) is 0 Å². The predicted octanol–water partition coefficient (Wildman–Crippen LogP) is 1.35. The number of aliphatic imine (C=N–C) groups is 1. The van der Waals surface area contributed by atoms with Gasteiger partial charge in [0, 0.05) is 0 Å². The lowest BCUT2D eigenvalue weighted by Crippen LogP contribution is -2.50. The monoisotopic (exact) mass is 272 g/mol. The molecule has 1 rings (SSSR count). The smallest absolute Gasteiger partial charge is 0.348 e. The van der Waals surface area contributed by atoms with Gasteiger partial charge in [-0.15, -0.1) is 0 Å². The molecular formula is C11H16N2O4S. The summed E-state index contributed by atoms with van der Waals surface area (Å²) in [6.45, 7) is 3.71. The van der Waals surface area contributed by atoms with Crippen LogP contribution in [0.4, 0.5) is 4.79 Å². The molecule has 0 aromatic carbocycles. The van der Waals surface area contributed by atoms with E-state index in [1.54, 1.807) is 0 Å². The van der Waals surface area contributed by atoms with Crippen LogP contribution in [0.15, 0.2) is 4.99 Å². The molecule has 3 amide bonds. The van der Waals surface area contributed by atoms with E-state index in [2.05, 4.69) is 15.0 Å². The highest BCUT2D eigenvalue weighted by atomic mass is 32.2. The molecule has 0 saturated carbocycles. The maximum atomic E-state index is 12.0. The summed E-state index contributed by atoms with van der Waals surface area (Å²) >= 11 is 1.09. The Labute approximate surface area is 110 Å². The lowest BCUT2D eigenvalue weighted by Gasteiger charge is -2.33. The molecule has 0 aromatic heterocycles. The van der Waals surface area contributed by atoms with Crippen LogP contribution in [0.3, 0.4) is 0 Å². The van der Waals surface area contributed by atoms with E-state index in [-0.39, 0.29) is 11.7 Å². The van der Waals surface area contributed by atoms with E-state index in [1.807, 2.05) is 13.8 Å². The highest BCUT2D eigenvalue weighted by Crippen LogP contribution is 2.36. The number of carbonyl (C=O) groups is 3. The van der Waals surface area contributed by atoms with E-state index < -0.39 is 17.4 Å². The molecule has 0 bridgehead atoms. The third-order valence-corrected chi connectivity index (χ3v) is 4.16. The number of methoxy groups -OCH3 is 1. The zero-order chi connectivity index (χ0) is 13.8. The Morgan fingerprint density at radius 3 is 2.50 bits per heavy atom. The highest BCUT2D eigenvalue weighted by molar-refractivity contribution is 8.14. The van der Waals surface area contributed by atoms with E-state index in [9.17, 15) is 14.4 Å². The Balaban J connectivity index is 2.98. The molecule has 18 heavy (non-hydrogen) atoms. The lowest BCUT2D eigenvalue weighted by molar-refractivity contribution is -0.137. The van der Waals surface area contributed by atoms with Crippen molar-refractivity contribution in [1.82, 2.24) is 5.32 Å². The van der Waals surface area contributed by atoms with Crippen LogP contribution in [0, 0.1) is 5.41 Å². The summed E-state index contributed by atoms with van der Waals surface area (Å²) in [5, 5.41) is 2.60. The fourth-order valence-corrected chi connectivity index (χ4v) is 2.95. The minimum absolute atomic E-state index is 0.0393. The molecule has 0 spiro atoms. The molecule has 0 unspecified atom stereocenters. The molecule has 1 aliphatic rings. The quantitative estimate of drug-likeness (QED) is 0.781. The minimum atomic E-state index is -0.813. The van der Waals surface area contributed by atoms with E-state index >= 15 is 0 Å². The Kier molecular flexibility index (Phi) is 4.89. The molecule has 0 aromatic rings. The molecule has 6 nitrogen and oxygen atoms in total. The summed E-state index contributed by atoms with van der Waals surface area (Å²) < 4.78 is 4.53. The average molecular weight is 272 g/mol. The van der Waals surface area contributed by atoms with Gasteiger partial charge in [-0.2, -0.15) is 4.99 Å². The Bertz CT molecular complexity index is 402. The molecule has 100 valence electrons. The second-order valence-corrected chi connectivity index (χ2v) is 4.79. The van der Waals surface area contributed by atoms with Gasteiger partial charge >= 0.3 is 12.0 Å². The third kappa shape index (κ3) is 2.72. The van der Waals surface area contributed by atoms with Crippen LogP contribution in [0.25, 0.3) is 0 Å². The number of urea groups is 1. The van der Waals surface area contributed by atoms with Crippen molar-refractivity contribution >= 4 is 34.7 Å². The highest BCUT2D eigenvalue weighted by Gasteiger charge is 2.44. The summed E-state index contributed by atoms with van der Waals surface area (Å²) in [7, 11) is 1.29. The fourth-order valence-electron chi connectivity index (χ4n) is 1.77. The summed E-state index contributed by atoms with van der Waals surface area (Å²) in [5.41, 5.74) is -0.813. The number of thioether (sulfide) groups is 1. The summed E-state index contributed by atoms with van der Waals surface area (Å²) in [4.78, 5) is 38.2. The van der Waals surface area contributed by atoms with E-state index in [4.69, 9.17) is 0 Å². The number of carbonyl (C=O) groups excluding carboxylic acids is 3. The summed E-state index contributed by atoms with van der Waals surface area (Å²) in [5.74, 6) is -0.723. The Morgan fingerprint density at radius 1 is 1.39 bits per heavy atom. The van der Waals surface area contributed by atoms with Gasteiger partial charge in [0.1, 0.15) is 0 Å². The zero-order valence-corrected chi connectivity index (χ0v) is 11.4. The predicted molar refractivity (Wildman–Crippen MR) is 68.5 cm³/mol. The molecular weight excluding hydrogens is 256 g/mol. The molecule has 0 saturated heterocycles. The van der Waals surface area contributed by atoms with Crippen molar-refractivity contribution in [3.63, 3.8) is 0 Å². The van der Waals surface area contributed by atoms with Crippen LogP contribution >= 0.6 is 11.8 Å². The maximum absolute atomic E-state index is 12.0. The number of ether oxygens (including phenoxy) is 1. The number of esters is 1. The molecule has 7 heteroatoms. The number of nitrogens with one attached hydrogen (secondary N) is 1. The molecule has 0 aliphatic carbocycles. The normalized spacial score (nSPS) is 18.1. The van der Waals surface area contributed by atoms with Crippen molar-refractivity contribution in [2.45, 2.75) is 26.7 Å². The number of nitrogens with zero attached hydrogens (tertiary/aromatic N) is 1. The Hall–Kier alpha value is -1.37. The van der Waals surface area contributed by atoms with E-state index in [0.717, 1.165) is 11.8 Å². The molecule has 1 N–H and O–H groups in total. The van der Waals surface area contributed by atoms with Crippen LogP contribution in [-0.4, -0.2) is 35.8 Å². The molecule has 0 radical (unpaired) electrons. The average Bonchev–Trinajstić information content (AvgIpc) is 2.36. The number of rotatable bonds is 4. The van der Waals surface area contributed by atoms with Gasteiger partial charge in [0.2, 0.25) is 5.91 Å². The summed E-state index contributed by atoms with van der Waals surface area (Å²) in [6.07, 6.45) is 1.05. The topological polar surface area (TPSA) is 84.8 Å². The number of hydrogen-bond donors (Lipinski definition) is 1. The van der Waals surface area contributed by atoms with Crippen LogP contribution in [-0.2, 0) is 14.3 Å². The molecule has 0 fully saturated rings. The second kappa shape index (κ2) is 5.99.